The second-order valence-electron chi connectivity index (χ2n) is 4.92. The summed E-state index contributed by atoms with van der Waals surface area (Å²) in [6.45, 7) is 4.10. The fourth-order valence-corrected chi connectivity index (χ4v) is 1.95. The molecule has 0 radical (unpaired) electrons. The molecular formula is C17H23N3O2. The molecule has 1 heterocycles. The molecule has 0 aliphatic carbocycles. The van der Waals surface area contributed by atoms with Crippen molar-refractivity contribution < 1.29 is 9.15 Å². The van der Waals surface area contributed by atoms with Gasteiger partial charge < -0.3 is 19.8 Å². The van der Waals surface area contributed by atoms with Crippen LogP contribution in [0.5, 0.6) is 5.75 Å². The van der Waals surface area contributed by atoms with Crippen molar-refractivity contribution in [2.45, 2.75) is 13.3 Å². The van der Waals surface area contributed by atoms with Crippen LogP contribution in [0.25, 0.3) is 0 Å². The highest BCUT2D eigenvalue weighted by molar-refractivity contribution is 5.79. The van der Waals surface area contributed by atoms with E-state index in [9.17, 15) is 0 Å². The first-order valence-electron chi connectivity index (χ1n) is 7.44. The Morgan fingerprint density at radius 2 is 1.91 bits per heavy atom. The predicted octanol–water partition coefficient (Wildman–Crippen LogP) is 2.37. The van der Waals surface area contributed by atoms with Crippen LogP contribution in [0, 0.1) is 6.92 Å². The lowest BCUT2D eigenvalue weighted by atomic mass is 10.2. The molecule has 22 heavy (non-hydrogen) atoms. The summed E-state index contributed by atoms with van der Waals surface area (Å²) < 4.78 is 10.9. The quantitative estimate of drug-likeness (QED) is 0.468. The number of rotatable bonds is 7. The number of aryl methyl sites for hydroxylation is 1. The molecule has 0 aliphatic heterocycles. The highest BCUT2D eigenvalue weighted by atomic mass is 16.5. The first kappa shape index (κ1) is 15.9. The summed E-state index contributed by atoms with van der Waals surface area (Å²) in [6.07, 6.45) is 2.51. The van der Waals surface area contributed by atoms with Crippen molar-refractivity contribution in [1.82, 2.24) is 10.6 Å². The maximum absolute atomic E-state index is 5.66. The highest BCUT2D eigenvalue weighted by Gasteiger charge is 1.99. The smallest absolute Gasteiger partial charge is 0.191 e. The van der Waals surface area contributed by atoms with Gasteiger partial charge in [0.05, 0.1) is 12.8 Å². The highest BCUT2D eigenvalue weighted by Crippen LogP contribution is 2.10. The van der Waals surface area contributed by atoms with Crippen LogP contribution in [-0.4, -0.2) is 32.7 Å². The molecule has 0 unspecified atom stereocenters. The number of furan rings is 1. The number of aliphatic imine (C=N–C) groups is 1. The molecular weight excluding hydrogens is 278 g/mol. The van der Waals surface area contributed by atoms with Gasteiger partial charge in [-0.1, -0.05) is 17.7 Å². The van der Waals surface area contributed by atoms with Crippen LogP contribution in [0.3, 0.4) is 0 Å². The Morgan fingerprint density at radius 3 is 2.59 bits per heavy atom. The molecule has 0 amide bonds. The number of benzene rings is 1. The zero-order valence-electron chi connectivity index (χ0n) is 13.1. The number of nitrogens with one attached hydrogen (secondary N) is 2. The van der Waals surface area contributed by atoms with E-state index in [0.717, 1.165) is 30.4 Å². The summed E-state index contributed by atoms with van der Waals surface area (Å²) in [4.78, 5) is 4.17. The fourth-order valence-electron chi connectivity index (χ4n) is 1.95. The van der Waals surface area contributed by atoms with E-state index in [2.05, 4.69) is 22.5 Å². The Labute approximate surface area is 131 Å². The SMILES string of the molecule is CN=C(NCCOc1ccc(C)cc1)NCCc1ccco1. The summed E-state index contributed by atoms with van der Waals surface area (Å²) in [5.74, 6) is 2.61. The molecule has 2 aromatic rings. The predicted molar refractivity (Wildman–Crippen MR) is 88.5 cm³/mol. The van der Waals surface area contributed by atoms with Gasteiger partial charge in [0.15, 0.2) is 5.96 Å². The van der Waals surface area contributed by atoms with E-state index in [0.29, 0.717) is 13.2 Å². The topological polar surface area (TPSA) is 58.8 Å². The molecule has 0 atom stereocenters. The third-order valence-electron chi connectivity index (χ3n) is 3.15. The molecule has 0 bridgehead atoms. The van der Waals surface area contributed by atoms with Gasteiger partial charge in [-0.3, -0.25) is 4.99 Å². The number of nitrogens with zero attached hydrogens (tertiary/aromatic N) is 1. The van der Waals surface area contributed by atoms with Gasteiger partial charge in [0, 0.05) is 20.0 Å². The minimum atomic E-state index is 0.585. The lowest BCUT2D eigenvalue weighted by Crippen LogP contribution is -2.40. The second-order valence-corrected chi connectivity index (χ2v) is 4.92. The summed E-state index contributed by atoms with van der Waals surface area (Å²) >= 11 is 0. The minimum absolute atomic E-state index is 0.585. The van der Waals surface area contributed by atoms with E-state index in [1.54, 1.807) is 13.3 Å². The van der Waals surface area contributed by atoms with Gasteiger partial charge in [-0.05, 0) is 31.2 Å². The van der Waals surface area contributed by atoms with Gasteiger partial charge in [0.2, 0.25) is 0 Å². The van der Waals surface area contributed by atoms with Crippen molar-refractivity contribution in [1.29, 1.82) is 0 Å². The van der Waals surface area contributed by atoms with Gasteiger partial charge in [0.25, 0.3) is 0 Å². The van der Waals surface area contributed by atoms with E-state index in [4.69, 9.17) is 9.15 Å². The molecule has 118 valence electrons. The molecule has 1 aromatic heterocycles. The Kier molecular flexibility index (Phi) is 6.36. The first-order chi connectivity index (χ1) is 10.8. The van der Waals surface area contributed by atoms with Crippen LogP contribution in [0.1, 0.15) is 11.3 Å². The second kappa shape index (κ2) is 8.77. The number of hydrogen-bond donors (Lipinski definition) is 2. The van der Waals surface area contributed by atoms with E-state index in [1.807, 2.05) is 36.4 Å². The molecule has 0 aliphatic rings. The first-order valence-corrected chi connectivity index (χ1v) is 7.44. The molecule has 0 saturated carbocycles. The van der Waals surface area contributed by atoms with Crippen LogP contribution in [0.2, 0.25) is 0 Å². The zero-order valence-corrected chi connectivity index (χ0v) is 13.1. The largest absolute Gasteiger partial charge is 0.492 e. The Bertz CT molecular complexity index is 562. The van der Waals surface area contributed by atoms with Crippen molar-refractivity contribution in [2.24, 2.45) is 4.99 Å². The number of hydrogen-bond acceptors (Lipinski definition) is 3. The van der Waals surface area contributed by atoms with E-state index in [-0.39, 0.29) is 0 Å². The van der Waals surface area contributed by atoms with Crippen molar-refractivity contribution in [3.63, 3.8) is 0 Å². The summed E-state index contributed by atoms with van der Waals surface area (Å²) in [6, 6.07) is 11.9. The van der Waals surface area contributed by atoms with Crippen molar-refractivity contribution >= 4 is 5.96 Å². The van der Waals surface area contributed by atoms with Crippen LogP contribution < -0.4 is 15.4 Å². The standard InChI is InChI=1S/C17H23N3O2/c1-14-5-7-16(8-6-14)22-13-11-20-17(18-2)19-10-9-15-4-3-12-21-15/h3-8,12H,9-11,13H2,1-2H3,(H2,18,19,20). The molecule has 0 fully saturated rings. The van der Waals surface area contributed by atoms with E-state index in [1.165, 1.54) is 5.56 Å². The van der Waals surface area contributed by atoms with Crippen molar-refractivity contribution in [3.8, 4) is 5.75 Å². The lowest BCUT2D eigenvalue weighted by molar-refractivity contribution is 0.322. The van der Waals surface area contributed by atoms with E-state index >= 15 is 0 Å². The monoisotopic (exact) mass is 301 g/mol. The Balaban J connectivity index is 1.60. The molecule has 2 N–H and O–H groups in total. The van der Waals surface area contributed by atoms with Crippen LogP contribution in [0.15, 0.2) is 52.1 Å². The lowest BCUT2D eigenvalue weighted by Gasteiger charge is -2.12. The van der Waals surface area contributed by atoms with Gasteiger partial charge >= 0.3 is 0 Å². The Hall–Kier alpha value is -2.43. The van der Waals surface area contributed by atoms with Crippen LogP contribution in [0.4, 0.5) is 0 Å². The molecule has 2 rings (SSSR count). The fraction of sp³-hybridized carbons (Fsp3) is 0.353. The number of ether oxygens (including phenoxy) is 1. The average Bonchev–Trinajstić information content (AvgIpc) is 3.04. The maximum atomic E-state index is 5.66. The molecule has 0 spiro atoms. The summed E-state index contributed by atoms with van der Waals surface area (Å²) in [5, 5.41) is 6.45. The van der Waals surface area contributed by atoms with Crippen molar-refractivity contribution in [3.05, 3.63) is 54.0 Å². The molecule has 5 nitrogen and oxygen atoms in total. The zero-order chi connectivity index (χ0) is 15.6. The van der Waals surface area contributed by atoms with Crippen LogP contribution in [-0.2, 0) is 6.42 Å². The molecule has 5 heteroatoms. The van der Waals surface area contributed by atoms with Crippen molar-refractivity contribution in [2.75, 3.05) is 26.7 Å². The average molecular weight is 301 g/mol. The Morgan fingerprint density at radius 1 is 1.14 bits per heavy atom. The normalized spacial score (nSPS) is 11.3. The third-order valence-corrected chi connectivity index (χ3v) is 3.15. The summed E-state index contributed by atoms with van der Waals surface area (Å²) in [5.41, 5.74) is 1.23. The third kappa shape index (κ3) is 5.52. The summed E-state index contributed by atoms with van der Waals surface area (Å²) in [7, 11) is 1.75. The van der Waals surface area contributed by atoms with Gasteiger partial charge in [-0.2, -0.15) is 0 Å². The van der Waals surface area contributed by atoms with Gasteiger partial charge in [-0.15, -0.1) is 0 Å². The molecule has 1 aromatic carbocycles. The maximum Gasteiger partial charge on any atom is 0.191 e. The minimum Gasteiger partial charge on any atom is -0.492 e. The van der Waals surface area contributed by atoms with Crippen LogP contribution >= 0.6 is 0 Å². The number of guanidine groups is 1. The van der Waals surface area contributed by atoms with Gasteiger partial charge in [0.1, 0.15) is 18.1 Å². The molecule has 0 saturated heterocycles. The van der Waals surface area contributed by atoms with Gasteiger partial charge in [-0.25, -0.2) is 0 Å². The van der Waals surface area contributed by atoms with E-state index < -0.39 is 0 Å².